The molecular formula is C24H27N5O3S. The van der Waals surface area contributed by atoms with E-state index in [2.05, 4.69) is 11.4 Å². The number of pyridine rings is 1. The van der Waals surface area contributed by atoms with Crippen molar-refractivity contribution in [2.45, 2.75) is 62.0 Å². The van der Waals surface area contributed by atoms with Crippen molar-refractivity contribution in [2.24, 2.45) is 17.0 Å². The van der Waals surface area contributed by atoms with Gasteiger partial charge in [0.25, 0.3) is 0 Å². The summed E-state index contributed by atoms with van der Waals surface area (Å²) in [7, 11) is -3.72. The summed E-state index contributed by atoms with van der Waals surface area (Å²) in [5.74, 6) is 3.18. The van der Waals surface area contributed by atoms with Crippen molar-refractivity contribution in [3.63, 3.8) is 0 Å². The molecule has 4 atom stereocenters. The summed E-state index contributed by atoms with van der Waals surface area (Å²) in [6.45, 7) is 1.97. The molecule has 2 heterocycles. The van der Waals surface area contributed by atoms with Gasteiger partial charge in [0.2, 0.25) is 21.9 Å². The first-order valence-electron chi connectivity index (χ1n) is 11.6. The predicted molar refractivity (Wildman–Crippen MR) is 124 cm³/mol. The fraction of sp³-hybridized carbons (Fsp3) is 0.458. The molecule has 9 heteroatoms. The van der Waals surface area contributed by atoms with Crippen molar-refractivity contribution >= 4 is 27.0 Å². The molecule has 2 aromatic heterocycles. The van der Waals surface area contributed by atoms with Crippen LogP contribution in [0.25, 0.3) is 11.0 Å². The van der Waals surface area contributed by atoms with Gasteiger partial charge >= 0.3 is 0 Å². The highest BCUT2D eigenvalue weighted by molar-refractivity contribution is 7.89. The van der Waals surface area contributed by atoms with E-state index >= 15 is 0 Å². The SMILES string of the molecule is C[C@@H](Nc1nc(OC2C[C@@H]3C[C@@H]3C2)c2nc(C3CC3)ccc2n1)c1ccc(S(N)(=O)=O)cc1. The van der Waals surface area contributed by atoms with Gasteiger partial charge < -0.3 is 10.1 Å². The average Bonchev–Trinajstić information content (AvgIpc) is 3.71. The number of nitrogens with one attached hydrogen (secondary N) is 1. The molecule has 0 saturated heterocycles. The minimum atomic E-state index is -3.72. The molecule has 6 rings (SSSR count). The number of benzene rings is 1. The van der Waals surface area contributed by atoms with E-state index in [1.807, 2.05) is 13.0 Å². The molecule has 3 N–H and O–H groups in total. The zero-order valence-electron chi connectivity index (χ0n) is 18.4. The number of ether oxygens (including phenoxy) is 1. The van der Waals surface area contributed by atoms with Gasteiger partial charge in [-0.05, 0) is 80.7 Å². The number of hydrogen-bond acceptors (Lipinski definition) is 7. The van der Waals surface area contributed by atoms with Crippen molar-refractivity contribution in [3.8, 4) is 5.88 Å². The molecule has 172 valence electrons. The number of nitrogens with two attached hydrogens (primary N) is 1. The van der Waals surface area contributed by atoms with Crippen LogP contribution in [0.3, 0.4) is 0 Å². The van der Waals surface area contributed by atoms with Gasteiger partial charge in [-0.15, -0.1) is 0 Å². The molecule has 3 saturated carbocycles. The summed E-state index contributed by atoms with van der Waals surface area (Å²) in [5.41, 5.74) is 3.48. The Hall–Kier alpha value is -2.78. The van der Waals surface area contributed by atoms with Crippen LogP contribution in [0.4, 0.5) is 5.95 Å². The first kappa shape index (κ1) is 20.8. The Bertz CT molecular complexity index is 1310. The van der Waals surface area contributed by atoms with Crippen molar-refractivity contribution in [2.75, 3.05) is 5.32 Å². The van der Waals surface area contributed by atoms with Crippen LogP contribution in [-0.2, 0) is 10.0 Å². The molecule has 0 radical (unpaired) electrons. The van der Waals surface area contributed by atoms with Crippen LogP contribution < -0.4 is 15.2 Å². The molecule has 0 bridgehead atoms. The molecular weight excluding hydrogens is 438 g/mol. The van der Waals surface area contributed by atoms with Crippen molar-refractivity contribution in [1.82, 2.24) is 15.0 Å². The molecule has 3 fully saturated rings. The van der Waals surface area contributed by atoms with E-state index in [-0.39, 0.29) is 17.0 Å². The number of anilines is 1. The Morgan fingerprint density at radius 3 is 2.39 bits per heavy atom. The number of aromatic nitrogens is 3. The van der Waals surface area contributed by atoms with Gasteiger partial charge in [0.05, 0.1) is 16.5 Å². The van der Waals surface area contributed by atoms with E-state index in [1.54, 1.807) is 12.1 Å². The second kappa shape index (κ2) is 7.63. The second-order valence-corrected chi connectivity index (χ2v) is 11.2. The summed E-state index contributed by atoms with van der Waals surface area (Å²) >= 11 is 0. The minimum absolute atomic E-state index is 0.0863. The molecule has 3 aliphatic carbocycles. The highest BCUT2D eigenvalue weighted by atomic mass is 32.2. The molecule has 0 aliphatic heterocycles. The van der Waals surface area contributed by atoms with Gasteiger partial charge in [0.1, 0.15) is 6.10 Å². The van der Waals surface area contributed by atoms with Gasteiger partial charge in [-0.3, -0.25) is 0 Å². The van der Waals surface area contributed by atoms with Crippen molar-refractivity contribution in [1.29, 1.82) is 0 Å². The maximum Gasteiger partial charge on any atom is 0.245 e. The van der Waals surface area contributed by atoms with Crippen LogP contribution >= 0.6 is 0 Å². The van der Waals surface area contributed by atoms with Gasteiger partial charge in [0.15, 0.2) is 5.52 Å². The molecule has 1 aromatic carbocycles. The molecule has 1 unspecified atom stereocenters. The first-order chi connectivity index (χ1) is 15.8. The second-order valence-electron chi connectivity index (χ2n) is 9.68. The van der Waals surface area contributed by atoms with Crippen LogP contribution in [-0.4, -0.2) is 29.5 Å². The average molecular weight is 466 g/mol. The molecule has 3 aromatic rings. The third-order valence-electron chi connectivity index (χ3n) is 7.06. The topological polar surface area (TPSA) is 120 Å². The fourth-order valence-corrected chi connectivity index (χ4v) is 5.41. The zero-order chi connectivity index (χ0) is 22.7. The number of rotatable bonds is 7. The number of fused-ring (bicyclic) bond motifs is 2. The van der Waals surface area contributed by atoms with Crippen LogP contribution in [0.5, 0.6) is 5.88 Å². The molecule has 3 aliphatic rings. The Labute approximate surface area is 193 Å². The molecule has 0 amide bonds. The number of primary sulfonamides is 1. The van der Waals surface area contributed by atoms with Gasteiger partial charge in [-0.25, -0.2) is 23.5 Å². The maximum atomic E-state index is 11.5. The minimum Gasteiger partial charge on any atom is -0.473 e. The van der Waals surface area contributed by atoms with E-state index in [1.165, 1.54) is 31.4 Å². The monoisotopic (exact) mass is 465 g/mol. The zero-order valence-corrected chi connectivity index (χ0v) is 19.3. The van der Waals surface area contributed by atoms with E-state index < -0.39 is 10.0 Å². The summed E-state index contributed by atoms with van der Waals surface area (Å²) in [4.78, 5) is 14.4. The Morgan fingerprint density at radius 1 is 1.00 bits per heavy atom. The highest BCUT2D eigenvalue weighted by Gasteiger charge is 2.47. The smallest absolute Gasteiger partial charge is 0.245 e. The standard InChI is InChI=1S/C24H27N5O3S/c1-13(14-4-6-19(7-5-14)33(25,30)31)26-24-28-21-9-8-20(15-2-3-15)27-22(21)23(29-24)32-18-11-16-10-17(16)12-18/h4-9,13,15-18H,2-3,10-12H2,1H3,(H2,25,30,31)(H,26,28,29)/t13-,16-,17+,18?/m1/s1. The molecule has 0 spiro atoms. The lowest BCUT2D eigenvalue weighted by molar-refractivity contribution is 0.189. The van der Waals surface area contributed by atoms with Crippen LogP contribution in [0.15, 0.2) is 41.3 Å². The Balaban J connectivity index is 1.29. The summed E-state index contributed by atoms with van der Waals surface area (Å²) < 4.78 is 29.4. The van der Waals surface area contributed by atoms with E-state index in [9.17, 15) is 8.42 Å². The highest BCUT2D eigenvalue weighted by Crippen LogP contribution is 2.52. The number of nitrogens with zero attached hydrogens (tertiary/aromatic N) is 3. The lowest BCUT2D eigenvalue weighted by Crippen LogP contribution is -2.17. The number of hydrogen-bond donors (Lipinski definition) is 2. The quantitative estimate of drug-likeness (QED) is 0.543. The first-order valence-corrected chi connectivity index (χ1v) is 13.1. The van der Waals surface area contributed by atoms with Crippen molar-refractivity contribution in [3.05, 3.63) is 47.7 Å². The van der Waals surface area contributed by atoms with Crippen LogP contribution in [0.1, 0.15) is 62.2 Å². The third kappa shape index (κ3) is 4.27. The lowest BCUT2D eigenvalue weighted by Gasteiger charge is -2.18. The summed E-state index contributed by atoms with van der Waals surface area (Å²) in [6, 6.07) is 10.4. The van der Waals surface area contributed by atoms with Crippen LogP contribution in [0, 0.1) is 11.8 Å². The van der Waals surface area contributed by atoms with E-state index in [0.717, 1.165) is 47.0 Å². The predicted octanol–water partition coefficient (Wildman–Crippen LogP) is 3.90. The van der Waals surface area contributed by atoms with Crippen molar-refractivity contribution < 1.29 is 13.2 Å². The lowest BCUT2D eigenvalue weighted by atomic mass is 10.1. The molecule has 8 nitrogen and oxygen atoms in total. The number of sulfonamides is 1. The molecule has 33 heavy (non-hydrogen) atoms. The summed E-state index contributed by atoms with van der Waals surface area (Å²) in [6.07, 6.45) is 6.08. The summed E-state index contributed by atoms with van der Waals surface area (Å²) in [5, 5.41) is 8.53. The maximum absolute atomic E-state index is 11.5. The fourth-order valence-electron chi connectivity index (χ4n) is 4.89. The Kier molecular flexibility index (Phi) is 4.81. The largest absolute Gasteiger partial charge is 0.473 e. The van der Waals surface area contributed by atoms with Gasteiger partial charge in [0, 0.05) is 11.6 Å². The van der Waals surface area contributed by atoms with E-state index in [4.69, 9.17) is 24.8 Å². The van der Waals surface area contributed by atoms with E-state index in [0.29, 0.717) is 17.7 Å². The normalized spacial score (nSPS) is 25.0. The van der Waals surface area contributed by atoms with Gasteiger partial charge in [-0.1, -0.05) is 12.1 Å². The third-order valence-corrected chi connectivity index (χ3v) is 7.99. The Morgan fingerprint density at radius 2 is 1.73 bits per heavy atom. The van der Waals surface area contributed by atoms with Crippen LogP contribution in [0.2, 0.25) is 0 Å². The van der Waals surface area contributed by atoms with Gasteiger partial charge in [-0.2, -0.15) is 4.98 Å².